The van der Waals surface area contributed by atoms with Gasteiger partial charge in [0.25, 0.3) is 0 Å². The van der Waals surface area contributed by atoms with Gasteiger partial charge in [0, 0.05) is 10.9 Å². The van der Waals surface area contributed by atoms with Crippen LogP contribution in [-0.2, 0) is 11.2 Å². The molecule has 1 heterocycles. The van der Waals surface area contributed by atoms with E-state index in [1.807, 2.05) is 12.1 Å². The number of carbonyl (C=O) groups excluding carboxylic acids is 1. The smallest absolute Gasteiger partial charge is 0.138 e. The number of aldehydes is 1. The Hall–Kier alpha value is -0.570. The number of hydrogen-bond donors (Lipinski definition) is 0. The second-order valence-corrected chi connectivity index (χ2v) is 5.91. The van der Waals surface area contributed by atoms with Gasteiger partial charge in [0.15, 0.2) is 0 Å². The van der Waals surface area contributed by atoms with Crippen molar-refractivity contribution in [2.45, 2.75) is 25.3 Å². The molecule has 19 heavy (non-hydrogen) atoms. The van der Waals surface area contributed by atoms with Gasteiger partial charge in [-0.2, -0.15) is 0 Å². The molecule has 2 nitrogen and oxygen atoms in total. The maximum absolute atomic E-state index is 10.9. The highest BCUT2D eigenvalue weighted by atomic mass is 35.5. The SMILES string of the molecule is O=CC(CCl)N1CCC(Cc2ccc(Cl)cc2)CC1. The maximum Gasteiger partial charge on any atom is 0.138 e. The van der Waals surface area contributed by atoms with Gasteiger partial charge in [0.05, 0.1) is 6.04 Å². The lowest BCUT2D eigenvalue weighted by Gasteiger charge is -2.34. The summed E-state index contributed by atoms with van der Waals surface area (Å²) in [5.74, 6) is 1.09. The Morgan fingerprint density at radius 2 is 1.89 bits per heavy atom. The fraction of sp³-hybridized carbons (Fsp3) is 0.533. The third kappa shape index (κ3) is 4.20. The van der Waals surface area contributed by atoms with Gasteiger partial charge in [-0.1, -0.05) is 23.7 Å². The van der Waals surface area contributed by atoms with Crippen molar-refractivity contribution < 1.29 is 4.79 Å². The molecule has 0 N–H and O–H groups in total. The molecule has 0 amide bonds. The minimum Gasteiger partial charge on any atom is -0.302 e. The lowest BCUT2D eigenvalue weighted by atomic mass is 9.90. The fourth-order valence-electron chi connectivity index (χ4n) is 2.66. The van der Waals surface area contributed by atoms with E-state index in [4.69, 9.17) is 23.2 Å². The highest BCUT2D eigenvalue weighted by molar-refractivity contribution is 6.30. The molecule has 1 aliphatic rings. The van der Waals surface area contributed by atoms with Crippen molar-refractivity contribution in [3.8, 4) is 0 Å². The Morgan fingerprint density at radius 3 is 2.42 bits per heavy atom. The molecule has 0 aromatic heterocycles. The molecule has 0 spiro atoms. The molecular formula is C15H19Cl2NO. The molecular weight excluding hydrogens is 281 g/mol. The van der Waals surface area contributed by atoms with Crippen molar-refractivity contribution in [2.75, 3.05) is 19.0 Å². The molecule has 1 saturated heterocycles. The summed E-state index contributed by atoms with van der Waals surface area (Å²) >= 11 is 11.7. The summed E-state index contributed by atoms with van der Waals surface area (Å²) in [6.07, 6.45) is 4.32. The summed E-state index contributed by atoms with van der Waals surface area (Å²) in [5.41, 5.74) is 1.34. The van der Waals surface area contributed by atoms with Gasteiger partial charge in [-0.05, 0) is 56.0 Å². The van der Waals surface area contributed by atoms with E-state index in [-0.39, 0.29) is 6.04 Å². The van der Waals surface area contributed by atoms with Gasteiger partial charge < -0.3 is 4.79 Å². The van der Waals surface area contributed by atoms with Crippen molar-refractivity contribution in [3.05, 3.63) is 34.9 Å². The molecule has 1 aromatic carbocycles. The first kappa shape index (κ1) is 14.8. The van der Waals surface area contributed by atoms with Gasteiger partial charge in [-0.15, -0.1) is 11.6 Å². The zero-order chi connectivity index (χ0) is 13.7. The van der Waals surface area contributed by atoms with E-state index >= 15 is 0 Å². The fourth-order valence-corrected chi connectivity index (χ4v) is 3.06. The second kappa shape index (κ2) is 7.28. The summed E-state index contributed by atoms with van der Waals surface area (Å²) in [7, 11) is 0. The van der Waals surface area contributed by atoms with Crippen LogP contribution in [0.25, 0.3) is 0 Å². The van der Waals surface area contributed by atoms with Crippen LogP contribution < -0.4 is 0 Å². The van der Waals surface area contributed by atoms with Crippen LogP contribution in [-0.4, -0.2) is 36.2 Å². The van der Waals surface area contributed by atoms with Gasteiger partial charge >= 0.3 is 0 Å². The average molecular weight is 300 g/mol. The van der Waals surface area contributed by atoms with Crippen molar-refractivity contribution in [1.82, 2.24) is 4.90 Å². The topological polar surface area (TPSA) is 20.3 Å². The number of carbonyl (C=O) groups is 1. The monoisotopic (exact) mass is 299 g/mol. The highest BCUT2D eigenvalue weighted by Gasteiger charge is 2.24. The molecule has 2 rings (SSSR count). The van der Waals surface area contributed by atoms with E-state index in [2.05, 4.69) is 17.0 Å². The summed E-state index contributed by atoms with van der Waals surface area (Å²) in [4.78, 5) is 13.1. The standard InChI is InChI=1S/C15H19Cl2NO/c16-10-15(11-19)18-7-5-13(6-8-18)9-12-1-3-14(17)4-2-12/h1-4,11,13,15H,5-10H2. The van der Waals surface area contributed by atoms with Crippen LogP contribution in [0.5, 0.6) is 0 Å². The number of nitrogens with zero attached hydrogens (tertiary/aromatic N) is 1. The first-order valence-electron chi connectivity index (χ1n) is 6.72. The Labute approximate surface area is 124 Å². The molecule has 1 unspecified atom stereocenters. The van der Waals surface area contributed by atoms with Crippen LogP contribution in [0.4, 0.5) is 0 Å². The number of benzene rings is 1. The number of hydrogen-bond acceptors (Lipinski definition) is 2. The molecule has 0 aliphatic carbocycles. The third-order valence-electron chi connectivity index (χ3n) is 3.87. The van der Waals surface area contributed by atoms with Crippen LogP contribution in [0.3, 0.4) is 0 Å². The zero-order valence-electron chi connectivity index (χ0n) is 10.9. The van der Waals surface area contributed by atoms with E-state index in [9.17, 15) is 4.79 Å². The molecule has 0 bridgehead atoms. The minimum absolute atomic E-state index is 0.113. The number of halogens is 2. The Morgan fingerprint density at radius 1 is 1.26 bits per heavy atom. The average Bonchev–Trinajstić information content (AvgIpc) is 2.44. The van der Waals surface area contributed by atoms with Crippen molar-refractivity contribution in [3.63, 3.8) is 0 Å². The first-order valence-corrected chi connectivity index (χ1v) is 7.64. The second-order valence-electron chi connectivity index (χ2n) is 5.17. The van der Waals surface area contributed by atoms with E-state index in [1.165, 1.54) is 5.56 Å². The molecule has 1 aliphatic heterocycles. The molecule has 1 fully saturated rings. The minimum atomic E-state index is -0.113. The van der Waals surface area contributed by atoms with E-state index in [1.54, 1.807) is 0 Å². The van der Waals surface area contributed by atoms with Crippen LogP contribution in [0.2, 0.25) is 5.02 Å². The summed E-state index contributed by atoms with van der Waals surface area (Å²) in [5, 5.41) is 0.787. The lowest BCUT2D eigenvalue weighted by molar-refractivity contribution is -0.112. The number of piperidine rings is 1. The number of likely N-dealkylation sites (tertiary alicyclic amines) is 1. The molecule has 0 radical (unpaired) electrons. The summed E-state index contributed by atoms with van der Waals surface area (Å²) < 4.78 is 0. The van der Waals surface area contributed by atoms with Crippen LogP contribution in [0.1, 0.15) is 18.4 Å². The molecule has 0 saturated carbocycles. The van der Waals surface area contributed by atoms with Crippen molar-refractivity contribution in [2.24, 2.45) is 5.92 Å². The highest BCUT2D eigenvalue weighted by Crippen LogP contribution is 2.23. The quantitative estimate of drug-likeness (QED) is 0.613. The van der Waals surface area contributed by atoms with Gasteiger partial charge in [0.2, 0.25) is 0 Å². The largest absolute Gasteiger partial charge is 0.302 e. The summed E-state index contributed by atoms with van der Waals surface area (Å²) in [6, 6.07) is 7.98. The molecule has 1 atom stereocenters. The lowest BCUT2D eigenvalue weighted by Crippen LogP contribution is -2.43. The predicted octanol–water partition coefficient (Wildman–Crippen LogP) is 3.40. The van der Waals surface area contributed by atoms with Crippen molar-refractivity contribution >= 4 is 29.5 Å². The molecule has 104 valence electrons. The first-order chi connectivity index (χ1) is 9.22. The Balaban J connectivity index is 1.83. The third-order valence-corrected chi connectivity index (χ3v) is 4.44. The van der Waals surface area contributed by atoms with Crippen LogP contribution >= 0.6 is 23.2 Å². The van der Waals surface area contributed by atoms with E-state index < -0.39 is 0 Å². The van der Waals surface area contributed by atoms with E-state index in [0.717, 1.165) is 43.7 Å². The van der Waals surface area contributed by atoms with Crippen LogP contribution in [0.15, 0.2) is 24.3 Å². The van der Waals surface area contributed by atoms with Crippen molar-refractivity contribution in [1.29, 1.82) is 0 Å². The Bertz CT molecular complexity index is 399. The van der Waals surface area contributed by atoms with Gasteiger partial charge in [-0.25, -0.2) is 0 Å². The maximum atomic E-state index is 10.9. The molecule has 1 aromatic rings. The van der Waals surface area contributed by atoms with Gasteiger partial charge in [-0.3, -0.25) is 4.90 Å². The summed E-state index contributed by atoms with van der Waals surface area (Å²) in [6.45, 7) is 1.93. The number of rotatable bonds is 5. The van der Waals surface area contributed by atoms with Crippen LogP contribution in [0, 0.1) is 5.92 Å². The Kier molecular flexibility index (Phi) is 5.68. The number of alkyl halides is 1. The van der Waals surface area contributed by atoms with Gasteiger partial charge in [0.1, 0.15) is 6.29 Å². The normalized spacial score (nSPS) is 19.3. The van der Waals surface area contributed by atoms with E-state index in [0.29, 0.717) is 11.8 Å². The zero-order valence-corrected chi connectivity index (χ0v) is 12.4. The predicted molar refractivity (Wildman–Crippen MR) is 80.0 cm³/mol. The molecule has 4 heteroatoms.